The zero-order valence-electron chi connectivity index (χ0n) is 23.0. The number of amides is 1. The molecule has 1 unspecified atom stereocenters. The summed E-state index contributed by atoms with van der Waals surface area (Å²) in [6, 6.07) is 4.32. The van der Waals surface area contributed by atoms with Gasteiger partial charge in [-0.1, -0.05) is 26.0 Å². The molecule has 4 rings (SSSR count). The summed E-state index contributed by atoms with van der Waals surface area (Å²) in [4.78, 5) is 32.8. The molecule has 1 aromatic carbocycles. The Morgan fingerprint density at radius 1 is 1.11 bits per heavy atom. The maximum atomic E-state index is 15.3. The van der Waals surface area contributed by atoms with Gasteiger partial charge in [0.25, 0.3) is 5.91 Å². The molecule has 7 heteroatoms. The Hall–Kier alpha value is -2.25. The maximum absolute atomic E-state index is 15.3. The van der Waals surface area contributed by atoms with Gasteiger partial charge in [0.1, 0.15) is 12.1 Å². The van der Waals surface area contributed by atoms with E-state index in [0.717, 1.165) is 38.1 Å². The first-order valence-corrected chi connectivity index (χ1v) is 14.3. The summed E-state index contributed by atoms with van der Waals surface area (Å²) in [6.07, 6.45) is 9.56. The van der Waals surface area contributed by atoms with E-state index < -0.39 is 0 Å². The molecule has 1 aromatic rings. The zero-order valence-corrected chi connectivity index (χ0v) is 23.0. The van der Waals surface area contributed by atoms with Crippen LogP contribution in [0.5, 0.6) is 0 Å². The number of halogens is 1. The molecule has 3 saturated heterocycles. The number of carbonyl (C=O) groups excluding carboxylic acids is 2. The maximum Gasteiger partial charge on any atom is 0.254 e. The van der Waals surface area contributed by atoms with Crippen LogP contribution in [0.25, 0.3) is 6.08 Å². The molecule has 0 saturated carbocycles. The summed E-state index contributed by atoms with van der Waals surface area (Å²) < 4.78 is 15.3. The monoisotopic (exact) mass is 512 g/mol. The van der Waals surface area contributed by atoms with Crippen LogP contribution >= 0.6 is 0 Å². The lowest BCUT2D eigenvalue weighted by Crippen LogP contribution is -2.64. The van der Waals surface area contributed by atoms with Crippen molar-refractivity contribution in [3.63, 3.8) is 0 Å². The minimum atomic E-state index is -0.360. The SMILES string of the molecule is C=Cc1cc(N2CCC(N3CC(N4CCC(CC)CC4)C3)CC2)c(F)cc1C(=O)N(C)C(C)CCC=O. The number of hydrogen-bond acceptors (Lipinski definition) is 5. The van der Waals surface area contributed by atoms with Gasteiger partial charge < -0.3 is 14.6 Å². The highest BCUT2D eigenvalue weighted by molar-refractivity contribution is 5.98. The number of anilines is 1. The standard InChI is InChI=1S/C30H45FN4O2/c1-5-23-9-13-33(14-10-23)26-20-35(21-26)25-11-15-34(16-12-25)29-18-24(6-2)27(19-28(29)31)30(37)32(4)22(3)8-7-17-36/h6,17-19,22-23,25-26H,2,5,7-16,20-21H2,1,3-4H3. The van der Waals surface area contributed by atoms with Gasteiger partial charge in [-0.3, -0.25) is 14.6 Å². The third-order valence-electron chi connectivity index (χ3n) is 9.21. The van der Waals surface area contributed by atoms with E-state index >= 15 is 4.39 Å². The number of piperidine rings is 2. The summed E-state index contributed by atoms with van der Waals surface area (Å²) >= 11 is 0. The fraction of sp³-hybridized carbons (Fsp3) is 0.667. The number of benzene rings is 1. The van der Waals surface area contributed by atoms with Crippen LogP contribution in [-0.4, -0.2) is 91.3 Å². The van der Waals surface area contributed by atoms with Crippen LogP contribution in [0, 0.1) is 11.7 Å². The van der Waals surface area contributed by atoms with Gasteiger partial charge in [-0.15, -0.1) is 0 Å². The number of hydrogen-bond donors (Lipinski definition) is 0. The topological polar surface area (TPSA) is 47.1 Å². The summed E-state index contributed by atoms with van der Waals surface area (Å²) in [6.45, 7) is 14.6. The number of likely N-dealkylation sites (tertiary alicyclic amines) is 2. The molecule has 0 aliphatic carbocycles. The van der Waals surface area contributed by atoms with Crippen LogP contribution in [0.15, 0.2) is 18.7 Å². The molecule has 0 bridgehead atoms. The van der Waals surface area contributed by atoms with Crippen molar-refractivity contribution in [3.05, 3.63) is 35.7 Å². The Morgan fingerprint density at radius 2 is 1.78 bits per heavy atom. The molecule has 0 aromatic heterocycles. The first kappa shape index (κ1) is 27.8. The Balaban J connectivity index is 1.32. The Morgan fingerprint density at radius 3 is 2.38 bits per heavy atom. The zero-order chi connectivity index (χ0) is 26.5. The van der Waals surface area contributed by atoms with Gasteiger partial charge in [0.2, 0.25) is 0 Å². The van der Waals surface area contributed by atoms with Crippen molar-refractivity contribution in [2.75, 3.05) is 51.2 Å². The Kier molecular flexibility index (Phi) is 9.41. The van der Waals surface area contributed by atoms with Crippen LogP contribution < -0.4 is 4.90 Å². The quantitative estimate of drug-likeness (QED) is 0.426. The van der Waals surface area contributed by atoms with Crippen LogP contribution in [0.4, 0.5) is 10.1 Å². The number of rotatable bonds is 10. The van der Waals surface area contributed by atoms with Gasteiger partial charge >= 0.3 is 0 Å². The van der Waals surface area contributed by atoms with E-state index in [4.69, 9.17) is 0 Å². The molecule has 6 nitrogen and oxygen atoms in total. The van der Waals surface area contributed by atoms with Crippen molar-refractivity contribution in [3.8, 4) is 0 Å². The average Bonchev–Trinajstić information content (AvgIpc) is 2.90. The van der Waals surface area contributed by atoms with Crippen molar-refractivity contribution in [2.45, 2.75) is 76.9 Å². The highest BCUT2D eigenvalue weighted by Gasteiger charge is 2.38. The Labute approximate surface area is 222 Å². The molecule has 3 fully saturated rings. The third kappa shape index (κ3) is 6.26. The lowest BCUT2D eigenvalue weighted by Gasteiger charge is -2.52. The molecule has 3 heterocycles. The number of aldehydes is 1. The van der Waals surface area contributed by atoms with E-state index in [1.165, 1.54) is 51.5 Å². The number of carbonyl (C=O) groups is 2. The van der Waals surface area contributed by atoms with Crippen molar-refractivity contribution in [2.24, 2.45) is 5.92 Å². The smallest absolute Gasteiger partial charge is 0.254 e. The molecular weight excluding hydrogens is 467 g/mol. The van der Waals surface area contributed by atoms with Gasteiger partial charge in [-0.05, 0) is 75.7 Å². The van der Waals surface area contributed by atoms with E-state index in [9.17, 15) is 9.59 Å². The summed E-state index contributed by atoms with van der Waals surface area (Å²) in [5.74, 6) is 0.313. The lowest BCUT2D eigenvalue weighted by atomic mass is 9.91. The number of nitrogens with zero attached hydrogens (tertiary/aromatic N) is 4. The summed E-state index contributed by atoms with van der Waals surface area (Å²) in [5, 5.41) is 0. The highest BCUT2D eigenvalue weighted by Crippen LogP contribution is 2.32. The highest BCUT2D eigenvalue weighted by atomic mass is 19.1. The minimum Gasteiger partial charge on any atom is -0.369 e. The second-order valence-corrected chi connectivity index (χ2v) is 11.3. The average molecular weight is 513 g/mol. The van der Waals surface area contributed by atoms with Crippen LogP contribution in [0.3, 0.4) is 0 Å². The molecular formula is C30H45FN4O2. The molecule has 37 heavy (non-hydrogen) atoms. The predicted octanol–water partition coefficient (Wildman–Crippen LogP) is 4.68. The molecule has 204 valence electrons. The van der Waals surface area contributed by atoms with Gasteiger partial charge in [0.05, 0.1) is 5.69 Å². The van der Waals surface area contributed by atoms with Crippen LogP contribution in [0.1, 0.15) is 74.7 Å². The van der Waals surface area contributed by atoms with Gasteiger partial charge in [-0.25, -0.2) is 4.39 Å². The van der Waals surface area contributed by atoms with Gasteiger partial charge in [0, 0.05) is 63.3 Å². The van der Waals surface area contributed by atoms with E-state index in [-0.39, 0.29) is 17.8 Å². The molecule has 3 aliphatic heterocycles. The van der Waals surface area contributed by atoms with E-state index in [0.29, 0.717) is 41.7 Å². The first-order valence-electron chi connectivity index (χ1n) is 14.3. The van der Waals surface area contributed by atoms with Crippen molar-refractivity contribution < 1.29 is 14.0 Å². The predicted molar refractivity (Wildman–Crippen MR) is 149 cm³/mol. The van der Waals surface area contributed by atoms with Crippen molar-refractivity contribution in [1.82, 2.24) is 14.7 Å². The molecule has 1 amide bonds. The second kappa shape index (κ2) is 12.5. The third-order valence-corrected chi connectivity index (χ3v) is 9.21. The fourth-order valence-corrected chi connectivity index (χ4v) is 6.28. The van der Waals surface area contributed by atoms with Gasteiger partial charge in [0.15, 0.2) is 0 Å². The van der Waals surface area contributed by atoms with Crippen LogP contribution in [-0.2, 0) is 4.79 Å². The minimum absolute atomic E-state index is 0.110. The van der Waals surface area contributed by atoms with Gasteiger partial charge in [-0.2, -0.15) is 0 Å². The van der Waals surface area contributed by atoms with Crippen molar-refractivity contribution in [1.29, 1.82) is 0 Å². The largest absolute Gasteiger partial charge is 0.369 e. The Bertz CT molecular complexity index is 947. The summed E-state index contributed by atoms with van der Waals surface area (Å²) in [7, 11) is 1.70. The second-order valence-electron chi connectivity index (χ2n) is 11.3. The fourth-order valence-electron chi connectivity index (χ4n) is 6.28. The lowest BCUT2D eigenvalue weighted by molar-refractivity contribution is -0.108. The normalized spacial score (nSPS) is 21.5. The molecule has 1 atom stereocenters. The summed E-state index contributed by atoms with van der Waals surface area (Å²) in [5.41, 5.74) is 1.53. The van der Waals surface area contributed by atoms with Crippen LogP contribution in [0.2, 0.25) is 0 Å². The molecule has 0 N–H and O–H groups in total. The molecule has 0 spiro atoms. The van der Waals surface area contributed by atoms with E-state index in [1.54, 1.807) is 24.1 Å². The molecule has 0 radical (unpaired) electrons. The van der Waals surface area contributed by atoms with E-state index in [2.05, 4.69) is 28.2 Å². The first-order chi connectivity index (χ1) is 17.9. The van der Waals surface area contributed by atoms with E-state index in [1.807, 2.05) is 6.92 Å². The molecule has 3 aliphatic rings. The van der Waals surface area contributed by atoms with Crippen molar-refractivity contribution >= 4 is 24.0 Å².